The number of anilines is 3. The molecule has 0 unspecified atom stereocenters. The maximum absolute atomic E-state index is 13.5. The van der Waals surface area contributed by atoms with Gasteiger partial charge in [-0.2, -0.15) is 4.39 Å². The summed E-state index contributed by atoms with van der Waals surface area (Å²) in [4.78, 5) is 24.3. The van der Waals surface area contributed by atoms with Crippen molar-refractivity contribution in [3.05, 3.63) is 35.4 Å². The largest absolute Gasteiger partial charge is 0.328 e. The highest BCUT2D eigenvalue weighted by atomic mass is 32.1. The van der Waals surface area contributed by atoms with Gasteiger partial charge < -0.3 is 10.6 Å². The zero-order valence-electron chi connectivity index (χ0n) is 12.3. The molecule has 1 amide bonds. The molecule has 0 bridgehead atoms. The number of nitrogens with one attached hydrogen (secondary N) is 2. The Morgan fingerprint density at radius 2 is 2.13 bits per heavy atom. The summed E-state index contributed by atoms with van der Waals surface area (Å²) in [5, 5.41) is 8.51. The predicted octanol–water partition coefficient (Wildman–Crippen LogP) is 3.81. The van der Waals surface area contributed by atoms with Gasteiger partial charge in [0, 0.05) is 18.5 Å². The van der Waals surface area contributed by atoms with E-state index in [0.29, 0.717) is 10.3 Å². The van der Waals surface area contributed by atoms with Crippen LogP contribution in [0, 0.1) is 12.9 Å². The van der Waals surface area contributed by atoms with E-state index in [-0.39, 0.29) is 11.6 Å². The van der Waals surface area contributed by atoms with Crippen LogP contribution in [0.1, 0.15) is 12.6 Å². The molecule has 3 aromatic heterocycles. The van der Waals surface area contributed by atoms with Crippen molar-refractivity contribution in [2.45, 2.75) is 13.8 Å². The van der Waals surface area contributed by atoms with Crippen LogP contribution in [0.25, 0.3) is 10.6 Å². The van der Waals surface area contributed by atoms with Gasteiger partial charge in [0.1, 0.15) is 0 Å². The highest BCUT2D eigenvalue weighted by Gasteiger charge is 2.14. The quantitative estimate of drug-likeness (QED) is 0.700. The number of carbonyl (C=O) groups is 1. The molecule has 2 N–H and O–H groups in total. The van der Waals surface area contributed by atoms with Gasteiger partial charge in [-0.3, -0.25) is 4.79 Å². The smallest absolute Gasteiger partial charge is 0.236 e. The van der Waals surface area contributed by atoms with Gasteiger partial charge >= 0.3 is 0 Å². The summed E-state index contributed by atoms with van der Waals surface area (Å²) < 4.78 is 13.5. The molecule has 0 atom stereocenters. The number of hydrogen-bond acceptors (Lipinski definition) is 7. The lowest BCUT2D eigenvalue weighted by atomic mass is 10.3. The average Bonchev–Trinajstić information content (AvgIpc) is 3.07. The third-order valence-corrected chi connectivity index (χ3v) is 4.67. The number of halogens is 1. The number of nitrogens with zero attached hydrogens (tertiary/aromatic N) is 3. The predicted molar refractivity (Wildman–Crippen MR) is 89.7 cm³/mol. The van der Waals surface area contributed by atoms with Crippen LogP contribution in [0.15, 0.2) is 23.7 Å². The van der Waals surface area contributed by atoms with E-state index in [1.165, 1.54) is 35.8 Å². The Balaban J connectivity index is 1.83. The third kappa shape index (κ3) is 3.51. The average molecular weight is 349 g/mol. The minimum atomic E-state index is -0.578. The maximum Gasteiger partial charge on any atom is 0.236 e. The molecule has 0 fully saturated rings. The fourth-order valence-electron chi connectivity index (χ4n) is 1.87. The van der Waals surface area contributed by atoms with E-state index in [4.69, 9.17) is 0 Å². The third-order valence-electron chi connectivity index (χ3n) is 2.82. The van der Waals surface area contributed by atoms with Gasteiger partial charge in [0.2, 0.25) is 11.9 Å². The van der Waals surface area contributed by atoms with E-state index < -0.39 is 5.95 Å². The zero-order valence-corrected chi connectivity index (χ0v) is 13.9. The van der Waals surface area contributed by atoms with Gasteiger partial charge in [-0.1, -0.05) is 11.3 Å². The molecule has 118 valence electrons. The monoisotopic (exact) mass is 349 g/mol. The minimum Gasteiger partial charge on any atom is -0.328 e. The Morgan fingerprint density at radius 1 is 1.30 bits per heavy atom. The van der Waals surface area contributed by atoms with Crippen LogP contribution in [0.2, 0.25) is 0 Å². The first-order chi connectivity index (χ1) is 11.0. The lowest BCUT2D eigenvalue weighted by molar-refractivity contribution is -0.114. The highest BCUT2D eigenvalue weighted by molar-refractivity contribution is 7.20. The Kier molecular flexibility index (Phi) is 4.30. The lowest BCUT2D eigenvalue weighted by Gasteiger charge is -2.01. The minimum absolute atomic E-state index is 0.169. The molecule has 0 saturated carbocycles. The number of hydrogen-bond donors (Lipinski definition) is 2. The number of thiazole rings is 2. The Labute approximate surface area is 139 Å². The molecule has 23 heavy (non-hydrogen) atoms. The molecule has 0 aliphatic heterocycles. The topological polar surface area (TPSA) is 79.8 Å². The summed E-state index contributed by atoms with van der Waals surface area (Å²) in [6, 6.07) is 3.24. The van der Waals surface area contributed by atoms with E-state index in [1.54, 1.807) is 12.1 Å². The van der Waals surface area contributed by atoms with Gasteiger partial charge in [-0.25, -0.2) is 15.0 Å². The first kappa shape index (κ1) is 15.5. The molecule has 0 aliphatic carbocycles. The van der Waals surface area contributed by atoms with Crippen LogP contribution in [0.3, 0.4) is 0 Å². The van der Waals surface area contributed by atoms with Crippen LogP contribution in [-0.2, 0) is 4.79 Å². The van der Waals surface area contributed by atoms with Gasteiger partial charge in [0.05, 0.1) is 22.0 Å². The molecule has 6 nitrogen and oxygen atoms in total. The number of pyridine rings is 1. The number of amides is 1. The molecule has 0 aromatic carbocycles. The summed E-state index contributed by atoms with van der Waals surface area (Å²) >= 11 is 2.71. The lowest BCUT2D eigenvalue weighted by Crippen LogP contribution is -2.04. The second-order valence-corrected chi connectivity index (χ2v) is 6.48. The van der Waals surface area contributed by atoms with Crippen LogP contribution in [-0.4, -0.2) is 20.9 Å². The first-order valence-corrected chi connectivity index (χ1v) is 8.31. The molecular weight excluding hydrogens is 337 g/mol. The molecule has 3 heterocycles. The summed E-state index contributed by atoms with van der Waals surface area (Å²) in [5.41, 5.74) is 1.78. The number of carbonyl (C=O) groups excluding carboxylic acids is 1. The van der Waals surface area contributed by atoms with Crippen molar-refractivity contribution >= 4 is 44.5 Å². The SMILES string of the molecule is CC(=O)Nc1nc(C)c(-c2csc(Nc3cccnc3F)n2)s1. The summed E-state index contributed by atoms with van der Waals surface area (Å²) in [7, 11) is 0. The summed E-state index contributed by atoms with van der Waals surface area (Å²) in [6.07, 6.45) is 1.39. The standard InChI is InChI=1S/C14H12FN5OS2/c1-7-11(23-14(17-7)18-8(2)21)10-6-22-13(20-10)19-9-4-3-5-16-12(9)15/h3-6H,1-2H3,(H,19,20)(H,17,18,21). The molecular formula is C14H12FN5OS2. The molecule has 0 saturated heterocycles. The fourth-order valence-corrected chi connectivity index (χ4v) is 3.63. The van der Waals surface area contributed by atoms with Crippen LogP contribution < -0.4 is 10.6 Å². The number of rotatable bonds is 4. The van der Waals surface area contributed by atoms with Crippen LogP contribution in [0.4, 0.5) is 20.3 Å². The molecule has 0 radical (unpaired) electrons. The van der Waals surface area contributed by atoms with Gasteiger partial charge in [-0.05, 0) is 19.1 Å². The normalized spacial score (nSPS) is 10.6. The summed E-state index contributed by atoms with van der Waals surface area (Å²) in [6.45, 7) is 3.29. The van der Waals surface area contributed by atoms with Crippen LogP contribution in [0.5, 0.6) is 0 Å². The molecule has 3 rings (SSSR count). The molecule has 3 aromatic rings. The highest BCUT2D eigenvalue weighted by Crippen LogP contribution is 2.35. The molecule has 0 spiro atoms. The number of aromatic nitrogens is 3. The van der Waals surface area contributed by atoms with E-state index in [2.05, 4.69) is 25.6 Å². The Bertz CT molecular complexity index is 860. The second kappa shape index (κ2) is 6.39. The van der Waals surface area contributed by atoms with Crippen molar-refractivity contribution in [3.63, 3.8) is 0 Å². The van der Waals surface area contributed by atoms with Crippen molar-refractivity contribution in [2.24, 2.45) is 0 Å². The van der Waals surface area contributed by atoms with Gasteiger partial charge in [0.25, 0.3) is 0 Å². The maximum atomic E-state index is 13.5. The second-order valence-electron chi connectivity index (χ2n) is 4.62. The van der Waals surface area contributed by atoms with Crippen molar-refractivity contribution in [1.82, 2.24) is 15.0 Å². The van der Waals surface area contributed by atoms with Crippen molar-refractivity contribution < 1.29 is 9.18 Å². The first-order valence-electron chi connectivity index (χ1n) is 6.61. The van der Waals surface area contributed by atoms with E-state index in [0.717, 1.165) is 16.3 Å². The van der Waals surface area contributed by atoms with Gasteiger partial charge in [-0.15, -0.1) is 11.3 Å². The summed E-state index contributed by atoms with van der Waals surface area (Å²) in [5.74, 6) is -0.746. The molecule has 0 aliphatic rings. The zero-order chi connectivity index (χ0) is 16.4. The Hall–Kier alpha value is -2.39. The van der Waals surface area contributed by atoms with Gasteiger partial charge in [0.15, 0.2) is 10.3 Å². The van der Waals surface area contributed by atoms with Crippen molar-refractivity contribution in [2.75, 3.05) is 10.6 Å². The van der Waals surface area contributed by atoms with E-state index in [1.807, 2.05) is 12.3 Å². The molecule has 9 heteroatoms. The number of aryl methyl sites for hydroxylation is 1. The van der Waals surface area contributed by atoms with Crippen LogP contribution >= 0.6 is 22.7 Å². The Morgan fingerprint density at radius 3 is 2.87 bits per heavy atom. The fraction of sp³-hybridized carbons (Fsp3) is 0.143. The van der Waals surface area contributed by atoms with E-state index in [9.17, 15) is 9.18 Å². The van der Waals surface area contributed by atoms with Crippen molar-refractivity contribution in [1.29, 1.82) is 0 Å². The van der Waals surface area contributed by atoms with E-state index >= 15 is 0 Å². The van der Waals surface area contributed by atoms with Crippen molar-refractivity contribution in [3.8, 4) is 10.6 Å².